The van der Waals surface area contributed by atoms with E-state index in [9.17, 15) is 4.39 Å². The standard InChI is InChI=1S/C2H3FN.Y/c3-1-2-4;/h2H,1H2;/q-1;/i3-1;. The molecule has 0 unspecified atom stereocenters. The van der Waals surface area contributed by atoms with Crippen LogP contribution in [0, 0.1) is 0 Å². The van der Waals surface area contributed by atoms with Crippen molar-refractivity contribution in [3.05, 3.63) is 5.41 Å². The maximum Gasteiger partial charge on any atom is 0.0864 e. The van der Waals surface area contributed by atoms with E-state index in [1.807, 2.05) is 0 Å². The summed E-state index contributed by atoms with van der Waals surface area (Å²) in [5.41, 5.74) is 0. The summed E-state index contributed by atoms with van der Waals surface area (Å²) < 4.78 is 10.4. The molecule has 0 amide bonds. The van der Waals surface area contributed by atoms with Crippen LogP contribution >= 0.6 is 0 Å². The van der Waals surface area contributed by atoms with Gasteiger partial charge in [-0.25, -0.2) is 4.39 Å². The molecule has 0 heterocycles. The molecule has 5 heavy (non-hydrogen) atoms. The van der Waals surface area contributed by atoms with Gasteiger partial charge >= 0.3 is 0 Å². The zero-order valence-corrected chi connectivity index (χ0v) is 5.53. The Morgan fingerprint density at radius 1 is 1.80 bits per heavy atom. The minimum absolute atomic E-state index is 0. The molecule has 0 atom stereocenters. The van der Waals surface area contributed by atoms with Gasteiger partial charge in [0, 0.05) is 32.7 Å². The Kier molecular flexibility index (Phi) is 16.2. The number of hydrogen-bond acceptors (Lipinski definition) is 0. The molecular weight excluding hydrogens is 145 g/mol. The molecule has 0 aromatic carbocycles. The van der Waals surface area contributed by atoms with Crippen molar-refractivity contribution in [2.24, 2.45) is 0 Å². The molecule has 0 aliphatic carbocycles. The zero-order valence-electron chi connectivity index (χ0n) is 2.69. The molecule has 0 N–H and O–H groups in total. The van der Waals surface area contributed by atoms with Crippen LogP contribution in [-0.2, 0) is 32.7 Å². The third kappa shape index (κ3) is 11.8. The van der Waals surface area contributed by atoms with Gasteiger partial charge in [-0.2, -0.15) is 6.21 Å². The Bertz CT molecular complexity index is 23.6. The van der Waals surface area contributed by atoms with Crippen LogP contribution in [0.5, 0.6) is 0 Å². The number of halogens is 1. The van der Waals surface area contributed by atoms with Crippen molar-refractivity contribution in [2.45, 2.75) is 0 Å². The largest absolute Gasteiger partial charge is 0.812 e. The molecule has 0 bridgehead atoms. The fourth-order valence-corrected chi connectivity index (χ4v) is 0. The van der Waals surface area contributed by atoms with Gasteiger partial charge in [-0.15, -0.1) is 0 Å². The van der Waals surface area contributed by atoms with Crippen LogP contribution in [0.1, 0.15) is 0 Å². The molecule has 0 fully saturated rings. The molecule has 0 spiro atoms. The van der Waals surface area contributed by atoms with Gasteiger partial charge in [0.2, 0.25) is 0 Å². The molecule has 27 valence electrons. The Hall–Kier alpha value is 0.704. The van der Waals surface area contributed by atoms with Gasteiger partial charge in [0.15, 0.2) is 0 Å². The molecule has 3 heteroatoms. The predicted octanol–water partition coefficient (Wildman–Crippen LogP) is 0.594. The van der Waals surface area contributed by atoms with Gasteiger partial charge in [-0.05, 0) is 0 Å². The first-order chi connectivity index (χ1) is 1.91. The SMILES string of the molecule is [N-]=CC[18F].[Y]. The minimum Gasteiger partial charge on any atom is -0.812 e. The van der Waals surface area contributed by atoms with E-state index in [0.29, 0.717) is 6.21 Å². The van der Waals surface area contributed by atoms with E-state index >= 15 is 0 Å². The second-order valence-electron chi connectivity index (χ2n) is 0.337. The van der Waals surface area contributed by atoms with Gasteiger partial charge in [-0.3, -0.25) is 0 Å². The molecule has 0 saturated carbocycles. The summed E-state index contributed by atoms with van der Waals surface area (Å²) in [6.07, 6.45) is 0.458. The third-order valence-electron chi connectivity index (χ3n) is 0.0690. The number of rotatable bonds is 1. The summed E-state index contributed by atoms with van der Waals surface area (Å²) in [4.78, 5) is 0. The van der Waals surface area contributed by atoms with Crippen molar-refractivity contribution in [2.75, 3.05) is 6.67 Å². The van der Waals surface area contributed by atoms with Crippen LogP contribution in [0.15, 0.2) is 0 Å². The normalized spacial score (nSPS) is 5.00. The molecule has 0 aromatic rings. The second-order valence-corrected chi connectivity index (χ2v) is 0.337. The van der Waals surface area contributed by atoms with Crippen LogP contribution in [-0.4, -0.2) is 12.9 Å². The first kappa shape index (κ1) is 9.20. The van der Waals surface area contributed by atoms with Crippen molar-refractivity contribution in [3.63, 3.8) is 0 Å². The van der Waals surface area contributed by atoms with Crippen molar-refractivity contribution >= 4 is 6.21 Å². The molecular formula is C2H3FNY-. The van der Waals surface area contributed by atoms with E-state index < -0.39 is 6.67 Å². The van der Waals surface area contributed by atoms with Gasteiger partial charge in [0.1, 0.15) is 0 Å². The van der Waals surface area contributed by atoms with Crippen LogP contribution in [0.25, 0.3) is 5.41 Å². The molecule has 0 saturated heterocycles. The van der Waals surface area contributed by atoms with Crippen molar-refractivity contribution in [3.8, 4) is 0 Å². The van der Waals surface area contributed by atoms with Crippen LogP contribution in [0.3, 0.4) is 0 Å². The average Bonchev–Trinajstić information content (AvgIpc) is 1.37. The van der Waals surface area contributed by atoms with Gasteiger partial charge in [-0.1, -0.05) is 0 Å². The van der Waals surface area contributed by atoms with E-state index in [0.717, 1.165) is 0 Å². The number of nitrogens with zero attached hydrogens (tertiary/aromatic N) is 1. The molecule has 1 nitrogen and oxygen atoms in total. The van der Waals surface area contributed by atoms with Crippen LogP contribution in [0.4, 0.5) is 4.39 Å². The van der Waals surface area contributed by atoms with Crippen LogP contribution in [0.2, 0.25) is 0 Å². The number of alkyl halides is 1. The van der Waals surface area contributed by atoms with Gasteiger partial charge < -0.3 is 5.41 Å². The smallest absolute Gasteiger partial charge is 0.0864 e. The minimum atomic E-state index is -0.750. The van der Waals surface area contributed by atoms with E-state index in [1.165, 1.54) is 0 Å². The first-order valence-electron chi connectivity index (χ1n) is 0.934. The summed E-state index contributed by atoms with van der Waals surface area (Å²) in [6, 6.07) is 0. The molecule has 1 radical (unpaired) electrons. The second kappa shape index (κ2) is 8.83. The first-order valence-corrected chi connectivity index (χ1v) is 0.934. The fourth-order valence-electron chi connectivity index (χ4n) is 0. The Morgan fingerprint density at radius 3 is 2.00 bits per heavy atom. The van der Waals surface area contributed by atoms with E-state index in [2.05, 4.69) is 0 Å². The summed E-state index contributed by atoms with van der Waals surface area (Å²) in [6.45, 7) is -0.750. The quantitative estimate of drug-likeness (QED) is 0.485. The van der Waals surface area contributed by atoms with Crippen molar-refractivity contribution in [1.29, 1.82) is 0 Å². The van der Waals surface area contributed by atoms with Gasteiger partial charge in [0.25, 0.3) is 0 Å². The van der Waals surface area contributed by atoms with Crippen molar-refractivity contribution < 1.29 is 37.1 Å². The summed E-state index contributed by atoms with van der Waals surface area (Å²) in [5.74, 6) is 0. The monoisotopic (exact) mass is 148 g/mol. The van der Waals surface area contributed by atoms with Crippen molar-refractivity contribution in [1.82, 2.24) is 0 Å². The average molecular weight is 148 g/mol. The molecule has 0 aliphatic heterocycles. The molecule has 0 rings (SSSR count). The van der Waals surface area contributed by atoms with E-state index in [1.54, 1.807) is 0 Å². The third-order valence-corrected chi connectivity index (χ3v) is 0.0690. The number of hydrogen-bond donors (Lipinski definition) is 0. The van der Waals surface area contributed by atoms with Crippen LogP contribution < -0.4 is 0 Å². The Balaban J connectivity index is 0. The summed E-state index contributed by atoms with van der Waals surface area (Å²) in [5, 5.41) is 7.38. The van der Waals surface area contributed by atoms with E-state index in [4.69, 9.17) is 5.41 Å². The Morgan fingerprint density at radius 2 is 2.00 bits per heavy atom. The molecule has 0 aliphatic rings. The Labute approximate surface area is 55.3 Å². The predicted molar refractivity (Wildman–Crippen MR) is 15.4 cm³/mol. The van der Waals surface area contributed by atoms with E-state index in [-0.39, 0.29) is 32.7 Å². The van der Waals surface area contributed by atoms with Gasteiger partial charge in [0.05, 0.1) is 6.67 Å². The summed E-state index contributed by atoms with van der Waals surface area (Å²) in [7, 11) is 0. The fraction of sp³-hybridized carbons (Fsp3) is 0.500. The maximum absolute atomic E-state index is 10.4. The maximum atomic E-state index is 10.4. The zero-order chi connectivity index (χ0) is 3.41. The molecule has 0 aromatic heterocycles. The topological polar surface area (TPSA) is 22.3 Å². The summed E-state index contributed by atoms with van der Waals surface area (Å²) >= 11 is 0.